The molecule has 0 radical (unpaired) electrons. The Labute approximate surface area is 208 Å². The second kappa shape index (κ2) is 11.5. The number of methoxy groups -OCH3 is 1. The van der Waals surface area contributed by atoms with Gasteiger partial charge in [0.15, 0.2) is 11.6 Å². The van der Waals surface area contributed by atoms with Crippen LogP contribution in [0.5, 0.6) is 5.88 Å². The highest BCUT2D eigenvalue weighted by atomic mass is 19.2. The van der Waals surface area contributed by atoms with Crippen LogP contribution in [-0.2, 0) is 4.74 Å². The minimum Gasteiger partial charge on any atom is -0.474 e. The van der Waals surface area contributed by atoms with Gasteiger partial charge in [-0.3, -0.25) is 10.2 Å². The summed E-state index contributed by atoms with van der Waals surface area (Å²) >= 11 is 0. The summed E-state index contributed by atoms with van der Waals surface area (Å²) in [5, 5.41) is 10.4. The molecule has 9 nitrogen and oxygen atoms in total. The zero-order valence-electron chi connectivity index (χ0n) is 20.2. The lowest BCUT2D eigenvalue weighted by molar-refractivity contribution is 0.143. The van der Waals surface area contributed by atoms with E-state index in [0.717, 1.165) is 11.8 Å². The van der Waals surface area contributed by atoms with Crippen LogP contribution < -0.4 is 21.1 Å². The Morgan fingerprint density at radius 1 is 1.14 bits per heavy atom. The summed E-state index contributed by atoms with van der Waals surface area (Å²) in [6.07, 6.45) is 0. The molecule has 1 aliphatic heterocycles. The molecule has 3 aromatic rings. The molecule has 2 aromatic carbocycles. The van der Waals surface area contributed by atoms with Gasteiger partial charge in [0.25, 0.3) is 0 Å². The molecule has 1 aliphatic rings. The monoisotopic (exact) mass is 500 g/mol. The van der Waals surface area contributed by atoms with Gasteiger partial charge in [-0.2, -0.15) is 0 Å². The predicted octanol–water partition coefficient (Wildman–Crippen LogP) is 2.99. The van der Waals surface area contributed by atoms with Crippen LogP contribution in [0.25, 0.3) is 5.69 Å². The van der Waals surface area contributed by atoms with E-state index >= 15 is 0 Å². The van der Waals surface area contributed by atoms with Gasteiger partial charge in [-0.1, -0.05) is 24.3 Å². The molecular formula is C25H30F2N6O3. The SMILES string of the molecule is COCCOc1nn(-c2ccccc2)c(NC(=O)N[C@@H]2CN(CN)C[C@H]2c2ccc(F)c(F)c2)c1C. The van der Waals surface area contributed by atoms with Gasteiger partial charge in [0.1, 0.15) is 12.4 Å². The third-order valence-electron chi connectivity index (χ3n) is 6.18. The molecule has 0 bridgehead atoms. The van der Waals surface area contributed by atoms with E-state index in [2.05, 4.69) is 15.7 Å². The van der Waals surface area contributed by atoms with E-state index in [1.165, 1.54) is 12.1 Å². The largest absolute Gasteiger partial charge is 0.474 e. The molecule has 1 saturated heterocycles. The molecule has 4 N–H and O–H groups in total. The van der Waals surface area contributed by atoms with Crippen LogP contribution in [0.1, 0.15) is 17.0 Å². The molecule has 1 fully saturated rings. The molecular weight excluding hydrogens is 470 g/mol. The highest BCUT2D eigenvalue weighted by molar-refractivity contribution is 5.90. The predicted molar refractivity (Wildman–Crippen MR) is 131 cm³/mol. The van der Waals surface area contributed by atoms with Crippen LogP contribution in [0.2, 0.25) is 0 Å². The van der Waals surface area contributed by atoms with E-state index in [1.54, 1.807) is 18.7 Å². The minimum absolute atomic E-state index is 0.262. The number of hydrogen-bond donors (Lipinski definition) is 3. The first-order valence-corrected chi connectivity index (χ1v) is 11.6. The first-order valence-electron chi connectivity index (χ1n) is 11.6. The van der Waals surface area contributed by atoms with Crippen LogP contribution in [0.4, 0.5) is 19.4 Å². The average molecular weight is 501 g/mol. The normalized spacial score (nSPS) is 17.8. The zero-order valence-corrected chi connectivity index (χ0v) is 20.2. The van der Waals surface area contributed by atoms with Crippen molar-refractivity contribution in [2.75, 3.05) is 45.4 Å². The van der Waals surface area contributed by atoms with Crippen molar-refractivity contribution in [1.82, 2.24) is 20.0 Å². The molecule has 11 heteroatoms. The first kappa shape index (κ1) is 25.5. The smallest absolute Gasteiger partial charge is 0.320 e. The number of ether oxygens (including phenoxy) is 2. The summed E-state index contributed by atoms with van der Waals surface area (Å²) in [7, 11) is 1.58. The lowest BCUT2D eigenvalue weighted by atomic mass is 9.94. The van der Waals surface area contributed by atoms with E-state index in [1.807, 2.05) is 35.2 Å². The molecule has 2 heterocycles. The summed E-state index contributed by atoms with van der Waals surface area (Å²) in [4.78, 5) is 15.1. The van der Waals surface area contributed by atoms with Gasteiger partial charge in [0.2, 0.25) is 5.88 Å². The maximum Gasteiger partial charge on any atom is 0.320 e. The van der Waals surface area contributed by atoms with Crippen LogP contribution in [0.15, 0.2) is 48.5 Å². The summed E-state index contributed by atoms with van der Waals surface area (Å²) in [6.45, 7) is 3.76. The summed E-state index contributed by atoms with van der Waals surface area (Å²) < 4.78 is 39.8. The topological polar surface area (TPSA) is 107 Å². The molecule has 4 rings (SSSR count). The molecule has 2 amide bonds. The number of hydrogen-bond acceptors (Lipinski definition) is 6. The second-order valence-corrected chi connectivity index (χ2v) is 8.57. The van der Waals surface area contributed by atoms with E-state index in [4.69, 9.17) is 15.2 Å². The van der Waals surface area contributed by atoms with E-state index in [9.17, 15) is 13.6 Å². The number of halogens is 2. The lowest BCUT2D eigenvalue weighted by Crippen LogP contribution is -2.43. The maximum absolute atomic E-state index is 13.9. The third-order valence-corrected chi connectivity index (χ3v) is 6.18. The Balaban J connectivity index is 1.56. The van der Waals surface area contributed by atoms with Crippen LogP contribution in [0, 0.1) is 18.6 Å². The fourth-order valence-electron chi connectivity index (χ4n) is 4.31. The summed E-state index contributed by atoms with van der Waals surface area (Å²) in [6, 6.07) is 12.3. The number of anilines is 1. The standard InChI is InChI=1S/C25H30F2N6O3/c1-16-23(33(18-6-4-3-5-7-18)31-24(16)36-11-10-35-2)30-25(34)29-22-14-32(15-28)13-19(22)17-8-9-20(26)21(27)12-17/h3-9,12,19,22H,10-11,13-15,28H2,1-2H3,(H2,29,30,34)/t19-,22+/m0/s1. The number of aromatic nitrogens is 2. The summed E-state index contributed by atoms with van der Waals surface area (Å²) in [5.74, 6) is -1.28. The van der Waals surface area contributed by atoms with E-state index in [-0.39, 0.29) is 18.6 Å². The highest BCUT2D eigenvalue weighted by Crippen LogP contribution is 2.30. The van der Waals surface area contributed by atoms with E-state index in [0.29, 0.717) is 49.1 Å². The Hall–Kier alpha value is -3.54. The minimum atomic E-state index is -0.926. The van der Waals surface area contributed by atoms with Crippen molar-refractivity contribution in [2.45, 2.75) is 18.9 Å². The first-order chi connectivity index (χ1) is 17.4. The molecule has 192 valence electrons. The van der Waals surface area contributed by atoms with Crippen LogP contribution in [-0.4, -0.2) is 66.8 Å². The quantitative estimate of drug-likeness (QED) is 0.390. The van der Waals surface area contributed by atoms with Gasteiger partial charge in [-0.15, -0.1) is 5.10 Å². The number of benzene rings is 2. The van der Waals surface area contributed by atoms with Crippen molar-refractivity contribution in [3.05, 3.63) is 71.3 Å². The fourth-order valence-corrected chi connectivity index (χ4v) is 4.31. The van der Waals surface area contributed by atoms with E-state index < -0.39 is 17.7 Å². The van der Waals surface area contributed by atoms with Crippen molar-refractivity contribution >= 4 is 11.8 Å². The molecule has 0 unspecified atom stereocenters. The Bertz CT molecular complexity index is 1190. The number of nitrogens with two attached hydrogens (primary N) is 1. The number of nitrogens with zero attached hydrogens (tertiary/aromatic N) is 3. The number of carbonyl (C=O) groups is 1. The number of nitrogens with one attached hydrogen (secondary N) is 2. The molecule has 1 aromatic heterocycles. The number of amides is 2. The van der Waals surface area contributed by atoms with Crippen molar-refractivity contribution in [2.24, 2.45) is 5.73 Å². The van der Waals surface area contributed by atoms with Gasteiger partial charge in [0, 0.05) is 32.8 Å². The highest BCUT2D eigenvalue weighted by Gasteiger charge is 2.35. The summed E-state index contributed by atoms with van der Waals surface area (Å²) in [5.41, 5.74) is 7.82. The molecule has 2 atom stereocenters. The number of urea groups is 1. The zero-order chi connectivity index (χ0) is 25.7. The molecule has 36 heavy (non-hydrogen) atoms. The molecule has 0 aliphatic carbocycles. The average Bonchev–Trinajstić information content (AvgIpc) is 3.42. The second-order valence-electron chi connectivity index (χ2n) is 8.57. The Morgan fingerprint density at radius 3 is 2.61 bits per heavy atom. The maximum atomic E-state index is 13.9. The Kier molecular flexibility index (Phi) is 8.14. The number of likely N-dealkylation sites (tertiary alicyclic amines) is 1. The number of para-hydroxylation sites is 1. The van der Waals surface area contributed by atoms with Crippen molar-refractivity contribution in [3.8, 4) is 11.6 Å². The van der Waals surface area contributed by atoms with Crippen LogP contribution in [0.3, 0.4) is 0 Å². The Morgan fingerprint density at radius 2 is 1.92 bits per heavy atom. The van der Waals surface area contributed by atoms with Gasteiger partial charge in [0.05, 0.1) is 23.9 Å². The van der Waals surface area contributed by atoms with Crippen molar-refractivity contribution < 1.29 is 23.0 Å². The van der Waals surface area contributed by atoms with Crippen LogP contribution >= 0.6 is 0 Å². The fraction of sp³-hybridized carbons (Fsp3) is 0.360. The number of carbonyl (C=O) groups excluding carboxylic acids is 1. The number of rotatable bonds is 9. The lowest BCUT2D eigenvalue weighted by Gasteiger charge is -2.21. The van der Waals surface area contributed by atoms with Gasteiger partial charge >= 0.3 is 6.03 Å². The third kappa shape index (κ3) is 5.64. The van der Waals surface area contributed by atoms with Gasteiger partial charge in [-0.05, 0) is 36.8 Å². The molecule has 0 saturated carbocycles. The molecule has 0 spiro atoms. The van der Waals surface area contributed by atoms with Gasteiger partial charge < -0.3 is 20.5 Å². The van der Waals surface area contributed by atoms with Crippen molar-refractivity contribution in [1.29, 1.82) is 0 Å². The van der Waals surface area contributed by atoms with Crippen molar-refractivity contribution in [3.63, 3.8) is 0 Å². The van der Waals surface area contributed by atoms with Gasteiger partial charge in [-0.25, -0.2) is 18.3 Å².